The fraction of sp³-hybridized carbons (Fsp3) is 0.333. The Bertz CT molecular complexity index is 644. The van der Waals surface area contributed by atoms with Crippen molar-refractivity contribution in [3.8, 4) is 0 Å². The molecule has 2 rings (SSSR count). The minimum atomic E-state index is -0.856. The van der Waals surface area contributed by atoms with Crippen LogP contribution in [0.4, 0.5) is 0 Å². The van der Waals surface area contributed by atoms with Crippen LogP contribution >= 0.6 is 0 Å². The van der Waals surface area contributed by atoms with Crippen LogP contribution < -0.4 is 0 Å². The third-order valence-electron chi connectivity index (χ3n) is 3.11. The zero-order valence-corrected chi connectivity index (χ0v) is 11.5. The number of fused-ring (bicyclic) bond motifs is 1. The van der Waals surface area contributed by atoms with Crippen LogP contribution in [0.25, 0.3) is 11.0 Å². The maximum Gasteiger partial charge on any atom is 0.303 e. The summed E-state index contributed by atoms with van der Waals surface area (Å²) in [6.45, 7) is 2.37. The lowest BCUT2D eigenvalue weighted by atomic mass is 10.2. The van der Waals surface area contributed by atoms with Gasteiger partial charge in [-0.2, -0.15) is 0 Å². The Labute approximate surface area is 116 Å². The van der Waals surface area contributed by atoms with Gasteiger partial charge in [-0.3, -0.25) is 9.59 Å². The summed E-state index contributed by atoms with van der Waals surface area (Å²) in [6.07, 6.45) is 0.480. The molecule has 106 valence electrons. The maximum absolute atomic E-state index is 12.2. The minimum Gasteiger partial charge on any atom is -0.481 e. The number of carbonyl (C=O) groups is 2. The van der Waals surface area contributed by atoms with Crippen LogP contribution in [0.15, 0.2) is 28.7 Å². The molecule has 0 aliphatic carbocycles. The van der Waals surface area contributed by atoms with E-state index in [0.29, 0.717) is 18.5 Å². The molecular weight excluding hydrogens is 258 g/mol. The number of nitrogens with zero attached hydrogens (tertiary/aromatic N) is 1. The van der Waals surface area contributed by atoms with Crippen LogP contribution in [-0.4, -0.2) is 35.5 Å². The van der Waals surface area contributed by atoms with Crippen molar-refractivity contribution in [2.45, 2.75) is 19.8 Å². The summed E-state index contributed by atoms with van der Waals surface area (Å²) in [5.41, 5.74) is 1.78. The molecule has 1 N–H and O–H groups in total. The van der Waals surface area contributed by atoms with Gasteiger partial charge in [0, 0.05) is 25.4 Å². The largest absolute Gasteiger partial charge is 0.481 e. The Morgan fingerprint density at radius 2 is 2.05 bits per heavy atom. The fourth-order valence-corrected chi connectivity index (χ4v) is 2.03. The van der Waals surface area contributed by atoms with Crippen molar-refractivity contribution in [3.05, 3.63) is 35.6 Å². The molecule has 0 unspecified atom stereocenters. The molecule has 0 saturated heterocycles. The van der Waals surface area contributed by atoms with E-state index in [-0.39, 0.29) is 18.1 Å². The molecule has 0 bridgehead atoms. The van der Waals surface area contributed by atoms with E-state index in [0.717, 1.165) is 10.9 Å². The van der Waals surface area contributed by atoms with Gasteiger partial charge in [0.05, 0.1) is 0 Å². The zero-order valence-electron chi connectivity index (χ0n) is 11.5. The molecule has 0 aliphatic rings. The Morgan fingerprint density at radius 3 is 2.75 bits per heavy atom. The smallest absolute Gasteiger partial charge is 0.303 e. The Hall–Kier alpha value is -2.30. The summed E-state index contributed by atoms with van der Waals surface area (Å²) in [7, 11) is 1.64. The first-order chi connectivity index (χ1) is 9.47. The fourth-order valence-electron chi connectivity index (χ4n) is 2.03. The first-order valence-electron chi connectivity index (χ1n) is 6.45. The monoisotopic (exact) mass is 275 g/mol. The second-order valence-electron chi connectivity index (χ2n) is 4.88. The van der Waals surface area contributed by atoms with Crippen molar-refractivity contribution in [2.75, 3.05) is 13.6 Å². The SMILES string of the molecule is Cc1ccc2oc(C(=O)N(C)CCCC(=O)O)cc2c1. The number of hydrogen-bond donors (Lipinski definition) is 1. The van der Waals surface area contributed by atoms with Gasteiger partial charge in [-0.15, -0.1) is 0 Å². The summed E-state index contributed by atoms with van der Waals surface area (Å²) in [4.78, 5) is 24.1. The minimum absolute atomic E-state index is 0.0525. The molecule has 20 heavy (non-hydrogen) atoms. The van der Waals surface area contributed by atoms with Crippen LogP contribution in [0.3, 0.4) is 0 Å². The molecule has 0 atom stereocenters. The Kier molecular flexibility index (Phi) is 4.08. The van der Waals surface area contributed by atoms with Crippen molar-refractivity contribution < 1.29 is 19.1 Å². The summed E-state index contributed by atoms with van der Waals surface area (Å²) in [5, 5.41) is 9.48. The third-order valence-corrected chi connectivity index (χ3v) is 3.11. The molecular formula is C15H17NO4. The predicted octanol–water partition coefficient (Wildman–Crippen LogP) is 2.68. The zero-order chi connectivity index (χ0) is 14.7. The molecule has 1 aromatic heterocycles. The average Bonchev–Trinajstić information content (AvgIpc) is 2.80. The van der Waals surface area contributed by atoms with Gasteiger partial charge in [-0.05, 0) is 31.5 Å². The highest BCUT2D eigenvalue weighted by atomic mass is 16.4. The molecule has 0 spiro atoms. The van der Waals surface area contributed by atoms with Gasteiger partial charge in [0.15, 0.2) is 5.76 Å². The van der Waals surface area contributed by atoms with Gasteiger partial charge in [0.1, 0.15) is 5.58 Å². The number of carboxylic acid groups (broad SMARTS) is 1. The number of carboxylic acids is 1. The number of hydrogen-bond acceptors (Lipinski definition) is 3. The van der Waals surface area contributed by atoms with Gasteiger partial charge in [0.25, 0.3) is 5.91 Å². The number of carbonyl (C=O) groups excluding carboxylic acids is 1. The summed E-state index contributed by atoms with van der Waals surface area (Å²) in [5.74, 6) is -0.808. The van der Waals surface area contributed by atoms with Crippen LogP contribution in [0, 0.1) is 6.92 Å². The number of amides is 1. The van der Waals surface area contributed by atoms with Crippen LogP contribution in [0.2, 0.25) is 0 Å². The summed E-state index contributed by atoms with van der Waals surface area (Å²) < 4.78 is 5.53. The van der Waals surface area contributed by atoms with E-state index in [4.69, 9.17) is 9.52 Å². The second kappa shape index (κ2) is 5.77. The molecule has 1 amide bonds. The number of aliphatic carboxylic acids is 1. The average molecular weight is 275 g/mol. The molecule has 5 nitrogen and oxygen atoms in total. The van der Waals surface area contributed by atoms with E-state index in [2.05, 4.69) is 0 Å². The number of aryl methyl sites for hydroxylation is 1. The highest BCUT2D eigenvalue weighted by Gasteiger charge is 2.16. The Balaban J connectivity index is 2.08. The standard InChI is InChI=1S/C15H17NO4/c1-10-5-6-12-11(8-10)9-13(20-12)15(19)16(2)7-3-4-14(17)18/h5-6,8-9H,3-4,7H2,1-2H3,(H,17,18). The third kappa shape index (κ3) is 3.17. The lowest BCUT2D eigenvalue weighted by Gasteiger charge is -2.14. The van der Waals surface area contributed by atoms with Crippen molar-refractivity contribution in [2.24, 2.45) is 0 Å². The second-order valence-corrected chi connectivity index (χ2v) is 4.88. The van der Waals surface area contributed by atoms with E-state index in [1.165, 1.54) is 4.90 Å². The maximum atomic E-state index is 12.2. The number of benzene rings is 1. The van der Waals surface area contributed by atoms with Crippen LogP contribution in [0.1, 0.15) is 29.0 Å². The van der Waals surface area contributed by atoms with Gasteiger partial charge >= 0.3 is 5.97 Å². The lowest BCUT2D eigenvalue weighted by Crippen LogP contribution is -2.27. The van der Waals surface area contributed by atoms with Crippen LogP contribution in [-0.2, 0) is 4.79 Å². The predicted molar refractivity (Wildman–Crippen MR) is 74.8 cm³/mol. The van der Waals surface area contributed by atoms with Crippen molar-refractivity contribution in [1.82, 2.24) is 4.90 Å². The molecule has 0 fully saturated rings. The first kappa shape index (κ1) is 14.1. The van der Waals surface area contributed by atoms with E-state index < -0.39 is 5.97 Å². The highest BCUT2D eigenvalue weighted by Crippen LogP contribution is 2.21. The molecule has 1 aromatic carbocycles. The first-order valence-corrected chi connectivity index (χ1v) is 6.45. The number of furan rings is 1. The molecule has 0 radical (unpaired) electrons. The van der Waals surface area contributed by atoms with Gasteiger partial charge in [-0.25, -0.2) is 0 Å². The van der Waals surface area contributed by atoms with E-state index in [1.807, 2.05) is 25.1 Å². The van der Waals surface area contributed by atoms with Gasteiger partial charge in [0.2, 0.25) is 0 Å². The van der Waals surface area contributed by atoms with E-state index in [9.17, 15) is 9.59 Å². The highest BCUT2D eigenvalue weighted by molar-refractivity contribution is 5.96. The van der Waals surface area contributed by atoms with Gasteiger partial charge in [-0.1, -0.05) is 11.6 Å². The number of rotatable bonds is 5. The molecule has 0 saturated carbocycles. The van der Waals surface area contributed by atoms with Crippen molar-refractivity contribution in [3.63, 3.8) is 0 Å². The van der Waals surface area contributed by atoms with Crippen LogP contribution in [0.5, 0.6) is 0 Å². The molecule has 2 aromatic rings. The van der Waals surface area contributed by atoms with Crippen molar-refractivity contribution in [1.29, 1.82) is 0 Å². The molecule has 1 heterocycles. The quantitative estimate of drug-likeness (QED) is 0.910. The normalized spacial score (nSPS) is 10.7. The summed E-state index contributed by atoms with van der Waals surface area (Å²) >= 11 is 0. The lowest BCUT2D eigenvalue weighted by molar-refractivity contribution is -0.137. The van der Waals surface area contributed by atoms with E-state index >= 15 is 0 Å². The molecule has 5 heteroatoms. The van der Waals surface area contributed by atoms with Crippen molar-refractivity contribution >= 4 is 22.8 Å². The Morgan fingerprint density at radius 1 is 1.30 bits per heavy atom. The van der Waals surface area contributed by atoms with E-state index in [1.54, 1.807) is 13.1 Å². The molecule has 0 aliphatic heterocycles. The topological polar surface area (TPSA) is 70.8 Å². The van der Waals surface area contributed by atoms with Gasteiger partial charge < -0.3 is 14.4 Å². The summed E-state index contributed by atoms with van der Waals surface area (Å²) in [6, 6.07) is 7.45.